The van der Waals surface area contributed by atoms with Gasteiger partial charge in [0.2, 0.25) is 4.91 Å². The highest BCUT2D eigenvalue weighted by Gasteiger charge is 2.37. The van der Waals surface area contributed by atoms with Crippen molar-refractivity contribution < 1.29 is 24.2 Å². The molecule has 1 saturated carbocycles. The molecule has 1 fully saturated rings. The summed E-state index contributed by atoms with van der Waals surface area (Å²) in [6.07, 6.45) is -0.984. The van der Waals surface area contributed by atoms with E-state index in [-0.39, 0.29) is 6.42 Å². The Labute approximate surface area is 126 Å². The standard InChI is InChI=1S/C14H15N3O5/c15-17-16-11-7-6-9(13(18)19)8-12(11)22-14(20)21-10-4-2-1-3-5-10/h1-5,9,11-12,15H,6-8H2. The molecule has 3 unspecified atom stereocenters. The van der Waals surface area contributed by atoms with Gasteiger partial charge in [0.1, 0.15) is 22.5 Å². The SMILES string of the molecule is N=[N+]=NC1CCC(C(=O)[O-])CC1OC(=O)Oc1ccccc1. The molecule has 3 atom stereocenters. The molecular weight excluding hydrogens is 290 g/mol. The molecule has 0 radical (unpaired) electrons. The molecule has 0 heterocycles. The highest BCUT2D eigenvalue weighted by molar-refractivity contribution is 5.68. The maximum Gasteiger partial charge on any atom is 0.514 e. The Morgan fingerprint density at radius 3 is 2.64 bits per heavy atom. The molecule has 0 aliphatic heterocycles. The zero-order chi connectivity index (χ0) is 15.9. The first-order valence-electron chi connectivity index (χ1n) is 6.81. The van der Waals surface area contributed by atoms with Crippen LogP contribution >= 0.6 is 0 Å². The first-order chi connectivity index (χ1) is 10.6. The van der Waals surface area contributed by atoms with Crippen molar-refractivity contribution in [3.05, 3.63) is 30.3 Å². The minimum absolute atomic E-state index is 0.0654. The molecule has 1 aliphatic carbocycles. The number of ether oxygens (including phenoxy) is 2. The maximum absolute atomic E-state index is 11.8. The van der Waals surface area contributed by atoms with Crippen LogP contribution in [0.15, 0.2) is 35.4 Å². The summed E-state index contributed by atoms with van der Waals surface area (Å²) in [7, 11) is 0. The molecule has 8 heteroatoms. The van der Waals surface area contributed by atoms with Crippen LogP contribution in [-0.2, 0) is 9.53 Å². The lowest BCUT2D eigenvalue weighted by atomic mass is 9.84. The van der Waals surface area contributed by atoms with Crippen LogP contribution in [0.25, 0.3) is 0 Å². The first-order valence-corrected chi connectivity index (χ1v) is 6.81. The van der Waals surface area contributed by atoms with Crippen molar-refractivity contribution in [3.63, 3.8) is 0 Å². The third-order valence-electron chi connectivity index (χ3n) is 3.49. The third kappa shape index (κ3) is 4.13. The molecule has 0 spiro atoms. The van der Waals surface area contributed by atoms with Crippen LogP contribution in [0.2, 0.25) is 0 Å². The number of carbonyl (C=O) groups is 2. The van der Waals surface area contributed by atoms with Gasteiger partial charge in [-0.05, 0) is 31.4 Å². The lowest BCUT2D eigenvalue weighted by molar-refractivity contribution is -0.313. The third-order valence-corrected chi connectivity index (χ3v) is 3.49. The van der Waals surface area contributed by atoms with Gasteiger partial charge in [0.15, 0.2) is 6.04 Å². The molecule has 0 amide bonds. The lowest BCUT2D eigenvalue weighted by Crippen LogP contribution is -2.43. The topological polar surface area (TPSA) is 126 Å². The molecule has 116 valence electrons. The predicted octanol–water partition coefficient (Wildman–Crippen LogP) is 1.04. The summed E-state index contributed by atoms with van der Waals surface area (Å²) in [6.45, 7) is 0. The number of carbonyl (C=O) groups excluding carboxylic acids is 2. The average molecular weight is 305 g/mol. The Balaban J connectivity index is 2.01. The molecule has 0 bridgehead atoms. The zero-order valence-electron chi connectivity index (χ0n) is 11.7. The molecule has 0 saturated heterocycles. The number of benzene rings is 1. The number of rotatable bonds is 4. The number of para-hydroxylation sites is 1. The molecule has 1 aromatic carbocycles. The molecular formula is C14H15N3O5. The first kappa shape index (κ1) is 15.7. The van der Waals surface area contributed by atoms with E-state index in [1.54, 1.807) is 30.3 Å². The van der Waals surface area contributed by atoms with E-state index in [9.17, 15) is 14.7 Å². The van der Waals surface area contributed by atoms with Crippen molar-refractivity contribution in [1.29, 1.82) is 5.53 Å². The summed E-state index contributed by atoms with van der Waals surface area (Å²) >= 11 is 0. The van der Waals surface area contributed by atoms with Crippen LogP contribution < -0.4 is 14.8 Å². The molecule has 1 aromatic rings. The summed E-state index contributed by atoms with van der Waals surface area (Å²) in [6, 6.07) is 7.81. The maximum atomic E-state index is 11.8. The monoisotopic (exact) mass is 305 g/mol. The Morgan fingerprint density at radius 1 is 1.27 bits per heavy atom. The normalized spacial score (nSPS) is 23.9. The fourth-order valence-electron chi connectivity index (χ4n) is 2.39. The molecule has 8 nitrogen and oxygen atoms in total. The number of nitrogens with one attached hydrogen (secondary N) is 1. The van der Waals surface area contributed by atoms with Gasteiger partial charge < -0.3 is 19.4 Å². The molecule has 0 aromatic heterocycles. The zero-order valence-corrected chi connectivity index (χ0v) is 11.7. The van der Waals surface area contributed by atoms with Gasteiger partial charge in [-0.3, -0.25) is 0 Å². The lowest BCUT2D eigenvalue weighted by Gasteiger charge is -2.30. The Bertz CT molecular complexity index is 585. The van der Waals surface area contributed by atoms with Gasteiger partial charge in [-0.2, -0.15) is 0 Å². The van der Waals surface area contributed by atoms with E-state index in [0.717, 1.165) is 0 Å². The number of carboxylic acids is 1. The number of carboxylic acid groups (broad SMARTS) is 1. The molecule has 1 N–H and O–H groups in total. The van der Waals surface area contributed by atoms with Crippen molar-refractivity contribution in [2.45, 2.75) is 31.4 Å². The van der Waals surface area contributed by atoms with Crippen LogP contribution in [0, 0.1) is 11.4 Å². The summed E-state index contributed by atoms with van der Waals surface area (Å²) in [5.74, 6) is -1.59. The van der Waals surface area contributed by atoms with Crippen LogP contribution in [0.3, 0.4) is 0 Å². The number of nitrogens with zero attached hydrogens (tertiary/aromatic N) is 2. The average Bonchev–Trinajstić information content (AvgIpc) is 2.50. The molecule has 2 rings (SSSR count). The van der Waals surface area contributed by atoms with Gasteiger partial charge in [-0.15, -0.1) is 0 Å². The van der Waals surface area contributed by atoms with E-state index in [0.29, 0.717) is 18.6 Å². The summed E-state index contributed by atoms with van der Waals surface area (Å²) in [4.78, 5) is 25.7. The van der Waals surface area contributed by atoms with E-state index >= 15 is 0 Å². The summed E-state index contributed by atoms with van der Waals surface area (Å²) < 4.78 is 10.1. The van der Waals surface area contributed by atoms with Gasteiger partial charge in [-0.25, -0.2) is 4.79 Å². The molecule has 1 aliphatic rings. The van der Waals surface area contributed by atoms with E-state index in [2.05, 4.69) is 10.0 Å². The second-order valence-corrected chi connectivity index (χ2v) is 4.93. The number of hydrogen-bond donors (Lipinski definition) is 1. The Kier molecular flexibility index (Phi) is 5.21. The van der Waals surface area contributed by atoms with E-state index in [1.165, 1.54) is 0 Å². The highest BCUT2D eigenvalue weighted by atomic mass is 16.7. The van der Waals surface area contributed by atoms with Crippen LogP contribution in [-0.4, -0.2) is 24.3 Å². The van der Waals surface area contributed by atoms with Crippen LogP contribution in [0.4, 0.5) is 4.79 Å². The molecule has 22 heavy (non-hydrogen) atoms. The predicted molar refractivity (Wildman–Crippen MR) is 70.8 cm³/mol. The van der Waals surface area contributed by atoms with Gasteiger partial charge in [0, 0.05) is 11.9 Å². The quantitative estimate of drug-likeness (QED) is 0.385. The van der Waals surface area contributed by atoms with Gasteiger partial charge in [0.25, 0.3) is 0 Å². The van der Waals surface area contributed by atoms with E-state index < -0.39 is 30.2 Å². The highest BCUT2D eigenvalue weighted by Crippen LogP contribution is 2.28. The van der Waals surface area contributed by atoms with Gasteiger partial charge >= 0.3 is 6.16 Å². The van der Waals surface area contributed by atoms with Crippen molar-refractivity contribution >= 4 is 12.1 Å². The van der Waals surface area contributed by atoms with Crippen molar-refractivity contribution in [2.24, 2.45) is 11.0 Å². The Hall–Kier alpha value is -2.73. The van der Waals surface area contributed by atoms with Crippen molar-refractivity contribution in [3.8, 4) is 5.75 Å². The minimum atomic E-state index is -1.19. The fraction of sp³-hybridized carbons (Fsp3) is 0.429. The van der Waals surface area contributed by atoms with E-state index in [4.69, 9.17) is 15.0 Å². The van der Waals surface area contributed by atoms with E-state index in [1.807, 2.05) is 0 Å². The minimum Gasteiger partial charge on any atom is -0.550 e. The van der Waals surface area contributed by atoms with Gasteiger partial charge in [-0.1, -0.05) is 18.2 Å². The summed E-state index contributed by atoms with van der Waals surface area (Å²) in [5.41, 5.74) is 6.78. The fourth-order valence-corrected chi connectivity index (χ4v) is 2.39. The Morgan fingerprint density at radius 2 is 2.00 bits per heavy atom. The second kappa shape index (κ2) is 7.33. The van der Waals surface area contributed by atoms with Crippen LogP contribution in [0.1, 0.15) is 19.3 Å². The largest absolute Gasteiger partial charge is 0.550 e. The van der Waals surface area contributed by atoms with Crippen molar-refractivity contribution in [1.82, 2.24) is 4.91 Å². The second-order valence-electron chi connectivity index (χ2n) is 4.93. The summed E-state index contributed by atoms with van der Waals surface area (Å²) in [5, 5.41) is 14.6. The van der Waals surface area contributed by atoms with Crippen molar-refractivity contribution in [2.75, 3.05) is 0 Å². The number of hydrogen-bond acceptors (Lipinski definition) is 7. The number of aliphatic carboxylic acids is 1. The smallest absolute Gasteiger partial charge is 0.514 e. The van der Waals surface area contributed by atoms with Gasteiger partial charge in [0.05, 0.1) is 0 Å². The van der Waals surface area contributed by atoms with Crippen LogP contribution in [0.5, 0.6) is 5.75 Å².